The molecule has 6 heteroatoms. The predicted molar refractivity (Wildman–Crippen MR) is 85.8 cm³/mol. The first-order valence-corrected chi connectivity index (χ1v) is 7.66. The minimum atomic E-state index is 0.593. The van der Waals surface area contributed by atoms with Crippen LogP contribution in [0.1, 0.15) is 5.56 Å². The highest BCUT2D eigenvalue weighted by molar-refractivity contribution is 7.17. The maximum absolute atomic E-state index is 5.91. The Morgan fingerprint density at radius 1 is 1.14 bits per heavy atom. The van der Waals surface area contributed by atoms with Gasteiger partial charge in [0.2, 0.25) is 5.88 Å². The number of thiophene rings is 1. The predicted octanol–water partition coefficient (Wildman–Crippen LogP) is 3.98. The second-order valence-corrected chi connectivity index (χ2v) is 5.70. The second-order valence-electron chi connectivity index (χ2n) is 4.82. The minimum absolute atomic E-state index is 0.593. The molecule has 0 saturated carbocycles. The fourth-order valence-corrected chi connectivity index (χ4v) is 3.15. The number of hydrogen-bond donors (Lipinski definition) is 0. The van der Waals surface area contributed by atoms with Crippen LogP contribution < -0.4 is 4.74 Å². The molecular formula is C16H12N4OS. The van der Waals surface area contributed by atoms with Crippen molar-refractivity contribution < 1.29 is 4.74 Å². The van der Waals surface area contributed by atoms with Crippen molar-refractivity contribution >= 4 is 21.6 Å². The highest BCUT2D eigenvalue weighted by atomic mass is 32.1. The van der Waals surface area contributed by atoms with E-state index in [4.69, 9.17) is 4.74 Å². The molecule has 0 N–H and O–H groups in total. The highest BCUT2D eigenvalue weighted by Gasteiger charge is 2.10. The van der Waals surface area contributed by atoms with Crippen molar-refractivity contribution in [2.24, 2.45) is 0 Å². The minimum Gasteiger partial charge on any atom is -0.437 e. The van der Waals surface area contributed by atoms with Crippen LogP contribution in [-0.4, -0.2) is 19.7 Å². The van der Waals surface area contributed by atoms with Gasteiger partial charge in [-0.2, -0.15) is 5.10 Å². The van der Waals surface area contributed by atoms with E-state index >= 15 is 0 Å². The van der Waals surface area contributed by atoms with Gasteiger partial charge in [-0.3, -0.25) is 0 Å². The molecule has 0 saturated heterocycles. The lowest BCUT2D eigenvalue weighted by Crippen LogP contribution is -1.94. The molecule has 3 aromatic heterocycles. The number of benzene rings is 1. The van der Waals surface area contributed by atoms with E-state index in [0.717, 1.165) is 27.2 Å². The Balaban J connectivity index is 1.65. The molecule has 0 aliphatic heterocycles. The molecule has 4 rings (SSSR count). The van der Waals surface area contributed by atoms with Crippen molar-refractivity contribution in [1.82, 2.24) is 19.7 Å². The third kappa shape index (κ3) is 2.23. The summed E-state index contributed by atoms with van der Waals surface area (Å²) in [5, 5.41) is 6.26. The number of aryl methyl sites for hydroxylation is 1. The van der Waals surface area contributed by atoms with Crippen LogP contribution in [0.2, 0.25) is 0 Å². The van der Waals surface area contributed by atoms with E-state index in [2.05, 4.69) is 20.4 Å². The summed E-state index contributed by atoms with van der Waals surface area (Å²) in [6, 6.07) is 9.62. The van der Waals surface area contributed by atoms with Gasteiger partial charge in [0, 0.05) is 12.4 Å². The van der Waals surface area contributed by atoms with E-state index in [1.165, 1.54) is 6.33 Å². The summed E-state index contributed by atoms with van der Waals surface area (Å²) in [6.07, 6.45) is 5.19. The lowest BCUT2D eigenvalue weighted by Gasteiger charge is -2.06. The van der Waals surface area contributed by atoms with E-state index in [9.17, 15) is 0 Å². The van der Waals surface area contributed by atoms with Gasteiger partial charge in [-0.1, -0.05) is 0 Å². The fourth-order valence-electron chi connectivity index (χ4n) is 2.22. The number of fused-ring (bicyclic) bond motifs is 1. The van der Waals surface area contributed by atoms with Crippen molar-refractivity contribution in [3.8, 4) is 17.3 Å². The first kappa shape index (κ1) is 13.0. The SMILES string of the molecule is Cc1csc2c(Oc3ccc(-n4cccn4)cc3)ncnc12. The topological polar surface area (TPSA) is 52.8 Å². The molecule has 0 radical (unpaired) electrons. The Bertz CT molecular complexity index is 913. The summed E-state index contributed by atoms with van der Waals surface area (Å²) in [5.41, 5.74) is 3.07. The molecule has 108 valence electrons. The summed E-state index contributed by atoms with van der Waals surface area (Å²) >= 11 is 1.60. The van der Waals surface area contributed by atoms with E-state index < -0.39 is 0 Å². The van der Waals surface area contributed by atoms with Gasteiger partial charge in [0.25, 0.3) is 0 Å². The van der Waals surface area contributed by atoms with Crippen molar-refractivity contribution in [1.29, 1.82) is 0 Å². The van der Waals surface area contributed by atoms with Gasteiger partial charge in [0.1, 0.15) is 16.8 Å². The number of nitrogens with zero attached hydrogens (tertiary/aromatic N) is 4. The van der Waals surface area contributed by atoms with Crippen molar-refractivity contribution in [2.45, 2.75) is 6.92 Å². The Labute approximate surface area is 130 Å². The van der Waals surface area contributed by atoms with Crippen LogP contribution in [0, 0.1) is 6.92 Å². The van der Waals surface area contributed by atoms with Gasteiger partial charge < -0.3 is 4.74 Å². The molecule has 0 aliphatic rings. The third-order valence-corrected chi connectivity index (χ3v) is 4.39. The molecule has 0 fully saturated rings. The van der Waals surface area contributed by atoms with Crippen LogP contribution in [0.25, 0.3) is 15.9 Å². The lowest BCUT2D eigenvalue weighted by molar-refractivity contribution is 0.469. The van der Waals surface area contributed by atoms with E-state index in [-0.39, 0.29) is 0 Å². The van der Waals surface area contributed by atoms with Gasteiger partial charge in [-0.15, -0.1) is 11.3 Å². The Morgan fingerprint density at radius 3 is 2.77 bits per heavy atom. The van der Waals surface area contributed by atoms with Gasteiger partial charge >= 0.3 is 0 Å². The average molecular weight is 308 g/mol. The molecular weight excluding hydrogens is 296 g/mol. The Morgan fingerprint density at radius 2 is 2.00 bits per heavy atom. The first-order valence-electron chi connectivity index (χ1n) is 6.78. The molecule has 4 aromatic rings. The molecule has 0 amide bonds. The number of rotatable bonds is 3. The quantitative estimate of drug-likeness (QED) is 0.574. The standard InChI is InChI=1S/C16H12N4OS/c1-11-9-22-15-14(11)17-10-18-16(15)21-13-5-3-12(4-6-13)20-8-2-7-19-20/h2-10H,1H3. The van der Waals surface area contributed by atoms with Gasteiger partial charge in [0.05, 0.1) is 11.2 Å². The number of ether oxygens (including phenoxy) is 1. The summed E-state index contributed by atoms with van der Waals surface area (Å²) in [5.74, 6) is 1.33. The summed E-state index contributed by atoms with van der Waals surface area (Å²) in [6.45, 7) is 2.04. The van der Waals surface area contributed by atoms with Crippen LogP contribution in [0.4, 0.5) is 0 Å². The molecule has 0 unspecified atom stereocenters. The maximum Gasteiger partial charge on any atom is 0.240 e. The van der Waals surface area contributed by atoms with Crippen molar-refractivity contribution in [3.63, 3.8) is 0 Å². The molecule has 0 atom stereocenters. The van der Waals surface area contributed by atoms with Crippen LogP contribution in [0.3, 0.4) is 0 Å². The lowest BCUT2D eigenvalue weighted by atomic mass is 10.3. The zero-order valence-electron chi connectivity index (χ0n) is 11.8. The normalized spacial score (nSPS) is 11.0. The molecule has 0 aliphatic carbocycles. The molecule has 5 nitrogen and oxygen atoms in total. The zero-order valence-corrected chi connectivity index (χ0v) is 12.6. The van der Waals surface area contributed by atoms with E-state index in [1.54, 1.807) is 22.2 Å². The van der Waals surface area contributed by atoms with Gasteiger partial charge in [0.15, 0.2) is 0 Å². The fraction of sp³-hybridized carbons (Fsp3) is 0.0625. The zero-order chi connectivity index (χ0) is 14.9. The van der Waals surface area contributed by atoms with Crippen LogP contribution >= 0.6 is 11.3 Å². The smallest absolute Gasteiger partial charge is 0.240 e. The monoisotopic (exact) mass is 308 g/mol. The highest BCUT2D eigenvalue weighted by Crippen LogP contribution is 2.32. The summed E-state index contributed by atoms with van der Waals surface area (Å²) < 4.78 is 8.68. The van der Waals surface area contributed by atoms with E-state index in [1.807, 2.05) is 43.5 Å². The Kier molecular flexibility index (Phi) is 3.08. The molecule has 3 heterocycles. The molecule has 1 aromatic carbocycles. The molecule has 0 bridgehead atoms. The second kappa shape index (κ2) is 5.23. The van der Waals surface area contributed by atoms with E-state index in [0.29, 0.717) is 5.88 Å². The summed E-state index contributed by atoms with van der Waals surface area (Å²) in [4.78, 5) is 8.55. The van der Waals surface area contributed by atoms with Gasteiger partial charge in [-0.25, -0.2) is 14.6 Å². The average Bonchev–Trinajstić information content (AvgIpc) is 3.19. The van der Waals surface area contributed by atoms with Crippen LogP contribution in [0.5, 0.6) is 11.6 Å². The Hall–Kier alpha value is -2.73. The number of aromatic nitrogens is 4. The molecule has 0 spiro atoms. The third-order valence-electron chi connectivity index (χ3n) is 3.32. The van der Waals surface area contributed by atoms with Crippen molar-refractivity contribution in [2.75, 3.05) is 0 Å². The van der Waals surface area contributed by atoms with Crippen LogP contribution in [0.15, 0.2) is 54.4 Å². The van der Waals surface area contributed by atoms with Gasteiger partial charge in [-0.05, 0) is 48.2 Å². The molecule has 22 heavy (non-hydrogen) atoms. The van der Waals surface area contributed by atoms with Crippen LogP contribution in [-0.2, 0) is 0 Å². The largest absolute Gasteiger partial charge is 0.437 e. The van der Waals surface area contributed by atoms with Crippen molar-refractivity contribution in [3.05, 3.63) is 60.0 Å². The maximum atomic E-state index is 5.91. The first-order chi connectivity index (χ1) is 10.8. The number of hydrogen-bond acceptors (Lipinski definition) is 5. The summed E-state index contributed by atoms with van der Waals surface area (Å²) in [7, 11) is 0.